The Hall–Kier alpha value is -0.860. The molecule has 0 saturated heterocycles. The number of hydrogen-bond donors (Lipinski definition) is 2. The van der Waals surface area contributed by atoms with Gasteiger partial charge < -0.3 is 10.8 Å². The second-order valence-corrected chi connectivity index (χ2v) is 4.75. The average Bonchev–Trinajstić information content (AvgIpc) is 2.67. The van der Waals surface area contributed by atoms with Gasteiger partial charge in [0, 0.05) is 5.54 Å². The van der Waals surface area contributed by atoms with Crippen LogP contribution < -0.4 is 5.73 Å². The number of nitrogens with two attached hydrogens (primary N) is 1. The highest BCUT2D eigenvalue weighted by Crippen LogP contribution is 2.37. The Kier molecular flexibility index (Phi) is 2.81. The molecule has 0 spiro atoms. The second-order valence-electron chi connectivity index (χ2n) is 4.75. The van der Waals surface area contributed by atoms with Gasteiger partial charge in [-0.3, -0.25) is 0 Å². The highest BCUT2D eigenvalue weighted by atomic mass is 16.3. The van der Waals surface area contributed by atoms with E-state index in [9.17, 15) is 5.11 Å². The van der Waals surface area contributed by atoms with Crippen LogP contribution in [0.15, 0.2) is 24.3 Å². The van der Waals surface area contributed by atoms with Crippen LogP contribution >= 0.6 is 0 Å². The van der Waals surface area contributed by atoms with E-state index in [1.807, 2.05) is 31.2 Å². The molecule has 1 aliphatic carbocycles. The van der Waals surface area contributed by atoms with Gasteiger partial charge in [0.1, 0.15) is 0 Å². The third kappa shape index (κ3) is 2.06. The summed E-state index contributed by atoms with van der Waals surface area (Å²) >= 11 is 0. The Bertz CT molecular complexity index is 325. The normalized spacial score (nSPS) is 21.5. The van der Waals surface area contributed by atoms with E-state index in [1.165, 1.54) is 5.56 Å². The summed E-state index contributed by atoms with van der Waals surface area (Å²) in [6.45, 7) is 2.05. The number of aryl methyl sites for hydroxylation is 1. The molecule has 82 valence electrons. The van der Waals surface area contributed by atoms with Crippen LogP contribution in [-0.4, -0.2) is 10.6 Å². The Morgan fingerprint density at radius 3 is 2.27 bits per heavy atom. The van der Waals surface area contributed by atoms with Gasteiger partial charge in [0.25, 0.3) is 0 Å². The molecule has 0 radical (unpaired) electrons. The topological polar surface area (TPSA) is 46.2 Å². The number of hydrogen-bond acceptors (Lipinski definition) is 2. The van der Waals surface area contributed by atoms with Crippen LogP contribution in [0.25, 0.3) is 0 Å². The molecule has 2 rings (SSSR count). The predicted molar refractivity (Wildman–Crippen MR) is 61.5 cm³/mol. The highest BCUT2D eigenvalue weighted by molar-refractivity contribution is 5.25. The smallest absolute Gasteiger partial charge is 0.0969 e. The molecule has 0 aromatic heterocycles. The molecule has 0 bridgehead atoms. The molecular formula is C13H19NO. The monoisotopic (exact) mass is 205 g/mol. The lowest BCUT2D eigenvalue weighted by atomic mass is 9.87. The molecule has 1 unspecified atom stereocenters. The van der Waals surface area contributed by atoms with E-state index in [0.717, 1.165) is 31.2 Å². The fraction of sp³-hybridized carbons (Fsp3) is 0.538. The molecule has 15 heavy (non-hydrogen) atoms. The van der Waals surface area contributed by atoms with Gasteiger partial charge in [0.15, 0.2) is 0 Å². The molecule has 0 amide bonds. The van der Waals surface area contributed by atoms with Crippen LogP contribution in [0.3, 0.4) is 0 Å². The van der Waals surface area contributed by atoms with Crippen molar-refractivity contribution in [1.29, 1.82) is 0 Å². The maximum atomic E-state index is 10.2. The minimum atomic E-state index is -0.513. The standard InChI is InChI=1S/C13H19NO/c1-10-4-6-11(7-5-10)12(15)13(14)8-2-3-9-13/h4-7,12,15H,2-3,8-9,14H2,1H3. The first-order valence-electron chi connectivity index (χ1n) is 5.65. The van der Waals surface area contributed by atoms with Gasteiger partial charge in [0.05, 0.1) is 6.10 Å². The number of benzene rings is 1. The summed E-state index contributed by atoms with van der Waals surface area (Å²) in [6.07, 6.45) is 3.63. The Labute approximate surface area is 91.1 Å². The van der Waals surface area contributed by atoms with Gasteiger partial charge in [-0.05, 0) is 25.3 Å². The van der Waals surface area contributed by atoms with Crippen molar-refractivity contribution >= 4 is 0 Å². The SMILES string of the molecule is Cc1ccc(C(O)C2(N)CCCC2)cc1. The van der Waals surface area contributed by atoms with Crippen molar-refractivity contribution in [3.05, 3.63) is 35.4 Å². The first-order chi connectivity index (χ1) is 7.12. The lowest BCUT2D eigenvalue weighted by Crippen LogP contribution is -2.42. The molecule has 1 aliphatic rings. The van der Waals surface area contributed by atoms with Crippen molar-refractivity contribution in [2.45, 2.75) is 44.2 Å². The molecule has 0 heterocycles. The lowest BCUT2D eigenvalue weighted by molar-refractivity contribution is 0.0872. The van der Waals surface area contributed by atoms with Crippen LogP contribution in [0, 0.1) is 6.92 Å². The Morgan fingerprint density at radius 1 is 1.20 bits per heavy atom. The Balaban J connectivity index is 2.19. The van der Waals surface area contributed by atoms with Gasteiger partial charge in [-0.1, -0.05) is 42.7 Å². The molecule has 2 heteroatoms. The molecule has 1 aromatic carbocycles. The molecule has 1 fully saturated rings. The maximum Gasteiger partial charge on any atom is 0.0969 e. The molecule has 1 atom stereocenters. The number of aliphatic hydroxyl groups is 1. The average molecular weight is 205 g/mol. The van der Waals surface area contributed by atoms with Gasteiger partial charge in [-0.25, -0.2) is 0 Å². The summed E-state index contributed by atoms with van der Waals surface area (Å²) in [5, 5.41) is 10.2. The largest absolute Gasteiger partial charge is 0.386 e. The van der Waals surface area contributed by atoms with Crippen molar-refractivity contribution in [2.75, 3.05) is 0 Å². The predicted octanol–water partition coefficient (Wildman–Crippen LogP) is 2.30. The number of rotatable bonds is 2. The summed E-state index contributed by atoms with van der Waals surface area (Å²) < 4.78 is 0. The van der Waals surface area contributed by atoms with Crippen LogP contribution in [-0.2, 0) is 0 Å². The van der Waals surface area contributed by atoms with E-state index < -0.39 is 11.6 Å². The van der Waals surface area contributed by atoms with Crippen molar-refractivity contribution in [3.63, 3.8) is 0 Å². The minimum absolute atomic E-state index is 0.394. The molecule has 0 aliphatic heterocycles. The zero-order valence-corrected chi connectivity index (χ0v) is 9.24. The molecular weight excluding hydrogens is 186 g/mol. The van der Waals surface area contributed by atoms with Crippen LogP contribution in [0.2, 0.25) is 0 Å². The van der Waals surface area contributed by atoms with E-state index in [4.69, 9.17) is 5.73 Å². The summed E-state index contributed by atoms with van der Waals surface area (Å²) in [6, 6.07) is 8.01. The van der Waals surface area contributed by atoms with Crippen molar-refractivity contribution < 1.29 is 5.11 Å². The third-order valence-corrected chi connectivity index (χ3v) is 3.47. The fourth-order valence-corrected chi connectivity index (χ4v) is 2.39. The van der Waals surface area contributed by atoms with Gasteiger partial charge in [-0.15, -0.1) is 0 Å². The molecule has 3 N–H and O–H groups in total. The second kappa shape index (κ2) is 3.95. The van der Waals surface area contributed by atoms with Gasteiger partial charge in [0.2, 0.25) is 0 Å². The molecule has 1 saturated carbocycles. The zero-order chi connectivity index (χ0) is 10.9. The minimum Gasteiger partial charge on any atom is -0.386 e. The van der Waals surface area contributed by atoms with Crippen LogP contribution in [0.1, 0.15) is 42.9 Å². The highest BCUT2D eigenvalue weighted by Gasteiger charge is 2.37. The van der Waals surface area contributed by atoms with E-state index in [0.29, 0.717) is 0 Å². The maximum absolute atomic E-state index is 10.2. The van der Waals surface area contributed by atoms with Crippen molar-refractivity contribution in [2.24, 2.45) is 5.73 Å². The van der Waals surface area contributed by atoms with Crippen molar-refractivity contribution in [1.82, 2.24) is 0 Å². The zero-order valence-electron chi connectivity index (χ0n) is 9.24. The molecule has 2 nitrogen and oxygen atoms in total. The first kappa shape index (κ1) is 10.7. The molecule has 1 aromatic rings. The first-order valence-corrected chi connectivity index (χ1v) is 5.65. The van der Waals surface area contributed by atoms with Gasteiger partial charge in [-0.2, -0.15) is 0 Å². The van der Waals surface area contributed by atoms with E-state index in [-0.39, 0.29) is 0 Å². The fourth-order valence-electron chi connectivity index (χ4n) is 2.39. The quantitative estimate of drug-likeness (QED) is 0.778. The summed E-state index contributed by atoms with van der Waals surface area (Å²) in [7, 11) is 0. The van der Waals surface area contributed by atoms with Crippen molar-refractivity contribution in [3.8, 4) is 0 Å². The summed E-state index contributed by atoms with van der Waals surface area (Å²) in [4.78, 5) is 0. The summed E-state index contributed by atoms with van der Waals surface area (Å²) in [5.41, 5.74) is 7.99. The van der Waals surface area contributed by atoms with E-state index in [1.54, 1.807) is 0 Å². The van der Waals surface area contributed by atoms with Gasteiger partial charge >= 0.3 is 0 Å². The Morgan fingerprint density at radius 2 is 1.73 bits per heavy atom. The summed E-state index contributed by atoms with van der Waals surface area (Å²) in [5.74, 6) is 0. The van der Waals surface area contributed by atoms with Crippen LogP contribution in [0.4, 0.5) is 0 Å². The van der Waals surface area contributed by atoms with E-state index >= 15 is 0 Å². The third-order valence-electron chi connectivity index (χ3n) is 3.47. The number of aliphatic hydroxyl groups excluding tert-OH is 1. The van der Waals surface area contributed by atoms with E-state index in [2.05, 4.69) is 0 Å². The lowest BCUT2D eigenvalue weighted by Gasteiger charge is -2.30. The van der Waals surface area contributed by atoms with Crippen LogP contribution in [0.5, 0.6) is 0 Å².